The van der Waals surface area contributed by atoms with Crippen LogP contribution in [0.25, 0.3) is 0 Å². The van der Waals surface area contributed by atoms with Crippen LogP contribution < -0.4 is 16.6 Å². The number of anilines is 2. The highest BCUT2D eigenvalue weighted by molar-refractivity contribution is 6.31. The minimum absolute atomic E-state index is 0.297. The standard InChI is InChI=1S/C15H16ClN3O2/c1-21-9-10-4-2-3-5-13(10)18-15(20)12-8-11(16)6-7-14(12)19-17/h2-8,19H,9,17H2,1H3,(H,18,20). The number of hydrogen-bond donors (Lipinski definition) is 3. The average molecular weight is 306 g/mol. The number of nitrogens with two attached hydrogens (primary N) is 1. The number of nitrogen functional groups attached to an aromatic ring is 1. The molecule has 2 rings (SSSR count). The molecule has 6 heteroatoms. The molecule has 0 aliphatic rings. The van der Waals surface area contributed by atoms with Gasteiger partial charge in [-0.1, -0.05) is 29.8 Å². The van der Waals surface area contributed by atoms with Gasteiger partial charge in [-0.25, -0.2) is 0 Å². The normalized spacial score (nSPS) is 10.2. The third-order valence-corrected chi connectivity index (χ3v) is 3.18. The van der Waals surface area contributed by atoms with Gasteiger partial charge < -0.3 is 15.5 Å². The number of para-hydroxylation sites is 1. The summed E-state index contributed by atoms with van der Waals surface area (Å²) in [5.41, 5.74) is 4.93. The highest BCUT2D eigenvalue weighted by Gasteiger charge is 2.13. The minimum Gasteiger partial charge on any atom is -0.380 e. The number of ether oxygens (including phenoxy) is 1. The molecule has 5 nitrogen and oxygen atoms in total. The zero-order valence-corrected chi connectivity index (χ0v) is 12.3. The van der Waals surface area contributed by atoms with E-state index in [0.717, 1.165) is 5.56 Å². The highest BCUT2D eigenvalue weighted by atomic mass is 35.5. The highest BCUT2D eigenvalue weighted by Crippen LogP contribution is 2.22. The predicted molar refractivity (Wildman–Crippen MR) is 84.4 cm³/mol. The molecule has 0 spiro atoms. The Bertz CT molecular complexity index is 647. The SMILES string of the molecule is COCc1ccccc1NC(=O)c1cc(Cl)ccc1NN. The van der Waals surface area contributed by atoms with E-state index in [0.29, 0.717) is 28.6 Å². The molecule has 110 valence electrons. The molecule has 0 saturated heterocycles. The van der Waals surface area contributed by atoms with Gasteiger partial charge in [-0.2, -0.15) is 0 Å². The van der Waals surface area contributed by atoms with E-state index in [9.17, 15) is 4.79 Å². The van der Waals surface area contributed by atoms with E-state index in [1.165, 1.54) is 0 Å². The largest absolute Gasteiger partial charge is 0.380 e. The van der Waals surface area contributed by atoms with Gasteiger partial charge in [-0.05, 0) is 24.3 Å². The Morgan fingerprint density at radius 3 is 2.71 bits per heavy atom. The molecular formula is C15H16ClN3O2. The number of rotatable bonds is 5. The second-order valence-electron chi connectivity index (χ2n) is 4.38. The van der Waals surface area contributed by atoms with Crippen LogP contribution >= 0.6 is 11.6 Å². The summed E-state index contributed by atoms with van der Waals surface area (Å²) < 4.78 is 5.12. The molecule has 0 aliphatic heterocycles. The molecule has 0 unspecified atom stereocenters. The van der Waals surface area contributed by atoms with E-state index in [4.69, 9.17) is 22.2 Å². The third kappa shape index (κ3) is 3.72. The number of nitrogens with one attached hydrogen (secondary N) is 2. The lowest BCUT2D eigenvalue weighted by Gasteiger charge is -2.13. The number of carbonyl (C=O) groups is 1. The van der Waals surface area contributed by atoms with Gasteiger partial charge in [0.15, 0.2) is 0 Å². The fourth-order valence-corrected chi connectivity index (χ4v) is 2.12. The van der Waals surface area contributed by atoms with E-state index < -0.39 is 0 Å². The molecule has 0 atom stereocenters. The van der Waals surface area contributed by atoms with E-state index >= 15 is 0 Å². The first-order chi connectivity index (χ1) is 10.2. The number of methoxy groups -OCH3 is 1. The summed E-state index contributed by atoms with van der Waals surface area (Å²) in [6.07, 6.45) is 0. The number of hydrazine groups is 1. The van der Waals surface area contributed by atoms with Gasteiger partial charge in [-0.15, -0.1) is 0 Å². The lowest BCUT2D eigenvalue weighted by atomic mass is 10.1. The quantitative estimate of drug-likeness (QED) is 0.586. The summed E-state index contributed by atoms with van der Waals surface area (Å²) in [6, 6.07) is 12.3. The van der Waals surface area contributed by atoms with Gasteiger partial charge in [0.2, 0.25) is 0 Å². The van der Waals surface area contributed by atoms with Crippen molar-refractivity contribution in [2.75, 3.05) is 17.9 Å². The topological polar surface area (TPSA) is 76.4 Å². The first kappa shape index (κ1) is 15.3. The zero-order valence-electron chi connectivity index (χ0n) is 11.5. The van der Waals surface area contributed by atoms with Crippen molar-refractivity contribution in [3.05, 3.63) is 58.6 Å². The van der Waals surface area contributed by atoms with Gasteiger partial charge >= 0.3 is 0 Å². The molecule has 2 aromatic carbocycles. The van der Waals surface area contributed by atoms with Crippen molar-refractivity contribution in [3.63, 3.8) is 0 Å². The van der Waals surface area contributed by atoms with Crippen molar-refractivity contribution in [2.24, 2.45) is 5.84 Å². The monoisotopic (exact) mass is 305 g/mol. The molecule has 2 aromatic rings. The summed E-state index contributed by atoms with van der Waals surface area (Å²) in [7, 11) is 1.60. The summed E-state index contributed by atoms with van der Waals surface area (Å²) in [4.78, 5) is 12.4. The first-order valence-electron chi connectivity index (χ1n) is 6.30. The van der Waals surface area contributed by atoms with Crippen LogP contribution in [0, 0.1) is 0 Å². The Kier molecular flexibility index (Phi) is 5.16. The van der Waals surface area contributed by atoms with Crippen LogP contribution in [0.15, 0.2) is 42.5 Å². The Morgan fingerprint density at radius 1 is 1.24 bits per heavy atom. The van der Waals surface area contributed by atoms with Crippen molar-refractivity contribution in [1.82, 2.24) is 0 Å². The number of halogens is 1. The lowest BCUT2D eigenvalue weighted by molar-refractivity contribution is 0.102. The molecule has 0 heterocycles. The molecule has 21 heavy (non-hydrogen) atoms. The van der Waals surface area contributed by atoms with Gasteiger partial charge in [0, 0.05) is 23.4 Å². The van der Waals surface area contributed by atoms with Crippen molar-refractivity contribution in [2.45, 2.75) is 6.61 Å². The van der Waals surface area contributed by atoms with Crippen molar-refractivity contribution in [1.29, 1.82) is 0 Å². The Balaban J connectivity index is 2.28. The molecule has 0 saturated carbocycles. The molecule has 0 radical (unpaired) electrons. The fourth-order valence-electron chi connectivity index (χ4n) is 1.94. The molecule has 0 aliphatic carbocycles. The summed E-state index contributed by atoms with van der Waals surface area (Å²) in [6.45, 7) is 0.411. The molecule has 1 amide bonds. The van der Waals surface area contributed by atoms with E-state index in [-0.39, 0.29) is 5.91 Å². The Hall–Kier alpha value is -2.08. The number of amides is 1. The van der Waals surface area contributed by atoms with Crippen LogP contribution in [-0.4, -0.2) is 13.0 Å². The van der Waals surface area contributed by atoms with E-state index in [2.05, 4.69) is 10.7 Å². The predicted octanol–water partition coefficient (Wildman–Crippen LogP) is 3.02. The second-order valence-corrected chi connectivity index (χ2v) is 4.81. The van der Waals surface area contributed by atoms with Crippen LogP contribution in [0.4, 0.5) is 11.4 Å². The zero-order chi connectivity index (χ0) is 15.2. The van der Waals surface area contributed by atoms with Crippen molar-refractivity contribution < 1.29 is 9.53 Å². The van der Waals surface area contributed by atoms with Gasteiger partial charge in [0.05, 0.1) is 17.9 Å². The van der Waals surface area contributed by atoms with E-state index in [1.807, 2.05) is 24.3 Å². The van der Waals surface area contributed by atoms with Crippen LogP contribution in [0.3, 0.4) is 0 Å². The first-order valence-corrected chi connectivity index (χ1v) is 6.68. The lowest BCUT2D eigenvalue weighted by Crippen LogP contribution is -2.18. The molecule has 0 aromatic heterocycles. The number of benzene rings is 2. The molecular weight excluding hydrogens is 290 g/mol. The average Bonchev–Trinajstić information content (AvgIpc) is 2.49. The number of carbonyl (C=O) groups excluding carboxylic acids is 1. The maximum absolute atomic E-state index is 12.4. The van der Waals surface area contributed by atoms with Crippen molar-refractivity contribution >= 4 is 28.9 Å². The molecule has 0 fully saturated rings. The van der Waals surface area contributed by atoms with E-state index in [1.54, 1.807) is 25.3 Å². The minimum atomic E-state index is -0.297. The summed E-state index contributed by atoms with van der Waals surface area (Å²) in [5.74, 6) is 5.12. The Morgan fingerprint density at radius 2 is 2.00 bits per heavy atom. The summed E-state index contributed by atoms with van der Waals surface area (Å²) in [5, 5.41) is 3.30. The van der Waals surface area contributed by atoms with Gasteiger partial charge in [0.1, 0.15) is 0 Å². The maximum Gasteiger partial charge on any atom is 0.257 e. The number of hydrogen-bond acceptors (Lipinski definition) is 4. The van der Waals surface area contributed by atoms with Crippen LogP contribution in [0.5, 0.6) is 0 Å². The maximum atomic E-state index is 12.4. The molecule has 4 N–H and O–H groups in total. The Labute approximate surface area is 128 Å². The van der Waals surface area contributed by atoms with Crippen molar-refractivity contribution in [3.8, 4) is 0 Å². The van der Waals surface area contributed by atoms with Crippen LogP contribution in [-0.2, 0) is 11.3 Å². The summed E-state index contributed by atoms with van der Waals surface area (Å²) >= 11 is 5.93. The smallest absolute Gasteiger partial charge is 0.257 e. The third-order valence-electron chi connectivity index (χ3n) is 2.95. The molecule has 0 bridgehead atoms. The van der Waals surface area contributed by atoms with Crippen LogP contribution in [0.1, 0.15) is 15.9 Å². The second kappa shape index (κ2) is 7.08. The fraction of sp³-hybridized carbons (Fsp3) is 0.133. The van der Waals surface area contributed by atoms with Crippen LogP contribution in [0.2, 0.25) is 5.02 Å². The van der Waals surface area contributed by atoms with Gasteiger partial charge in [0.25, 0.3) is 5.91 Å². The van der Waals surface area contributed by atoms with Gasteiger partial charge in [-0.3, -0.25) is 10.6 Å².